The molecular weight excluding hydrogens is 336 g/mol. The van der Waals surface area contributed by atoms with Gasteiger partial charge in [-0.1, -0.05) is 0 Å². The van der Waals surface area contributed by atoms with Gasteiger partial charge in [-0.15, -0.1) is 11.3 Å². The summed E-state index contributed by atoms with van der Waals surface area (Å²) in [7, 11) is 0. The van der Waals surface area contributed by atoms with E-state index in [0.717, 1.165) is 36.6 Å². The van der Waals surface area contributed by atoms with Crippen molar-refractivity contribution in [3.05, 3.63) is 34.0 Å². The minimum atomic E-state index is -0.482. The van der Waals surface area contributed by atoms with Crippen molar-refractivity contribution in [3.8, 4) is 6.07 Å². The topological polar surface area (TPSA) is 94.8 Å². The van der Waals surface area contributed by atoms with Crippen molar-refractivity contribution < 1.29 is 4.79 Å². The maximum atomic E-state index is 11.6. The third-order valence-electron chi connectivity index (χ3n) is 4.05. The lowest BCUT2D eigenvalue weighted by Crippen LogP contribution is -2.27. The van der Waals surface area contributed by atoms with Gasteiger partial charge in [0.1, 0.15) is 10.9 Å². The van der Waals surface area contributed by atoms with Gasteiger partial charge >= 0.3 is 0 Å². The second-order valence-electron chi connectivity index (χ2n) is 5.96. The summed E-state index contributed by atoms with van der Waals surface area (Å²) < 4.78 is 0. The van der Waals surface area contributed by atoms with Gasteiger partial charge in [0, 0.05) is 43.3 Å². The highest BCUT2D eigenvalue weighted by molar-refractivity contribution is 7.09. The molecule has 0 spiro atoms. The van der Waals surface area contributed by atoms with E-state index in [-0.39, 0.29) is 5.91 Å². The van der Waals surface area contributed by atoms with Gasteiger partial charge < -0.3 is 10.2 Å². The molecule has 1 aliphatic heterocycles. The van der Waals surface area contributed by atoms with Gasteiger partial charge in [0.25, 0.3) is 0 Å². The lowest BCUT2D eigenvalue weighted by atomic mass is 10.1. The number of thiazole rings is 1. The largest absolute Gasteiger partial charge is 0.354 e. The average Bonchev–Trinajstić information content (AvgIpc) is 3.21. The van der Waals surface area contributed by atoms with Crippen molar-refractivity contribution in [3.63, 3.8) is 0 Å². The summed E-state index contributed by atoms with van der Waals surface area (Å²) in [5.41, 5.74) is 1.55. The van der Waals surface area contributed by atoms with Gasteiger partial charge in [-0.25, -0.2) is 15.0 Å². The lowest BCUT2D eigenvalue weighted by molar-refractivity contribution is -0.127. The van der Waals surface area contributed by atoms with Crippen molar-refractivity contribution in [2.75, 3.05) is 25.0 Å². The van der Waals surface area contributed by atoms with Crippen LogP contribution in [-0.4, -0.2) is 45.4 Å². The number of hydrogen-bond donors (Lipinski definition) is 1. The molecule has 1 saturated heterocycles. The number of carbonyl (C=O) groups excluding carboxylic acids is 1. The SMILES string of the molecule is Cc1csc(C(C#N)c2ccnc(NCCCN3CCCC3=O)n2)n1. The average molecular weight is 356 g/mol. The van der Waals surface area contributed by atoms with Crippen LogP contribution >= 0.6 is 11.3 Å². The van der Waals surface area contributed by atoms with Crippen molar-refractivity contribution in [2.24, 2.45) is 0 Å². The molecule has 1 N–H and O–H groups in total. The quantitative estimate of drug-likeness (QED) is 0.765. The first-order valence-electron chi connectivity index (χ1n) is 8.33. The molecular formula is C17H20N6OS. The summed E-state index contributed by atoms with van der Waals surface area (Å²) in [5.74, 6) is 0.261. The molecule has 0 radical (unpaired) electrons. The molecule has 0 saturated carbocycles. The van der Waals surface area contributed by atoms with E-state index >= 15 is 0 Å². The number of aryl methyl sites for hydroxylation is 1. The normalized spacial score (nSPS) is 15.2. The highest BCUT2D eigenvalue weighted by Crippen LogP contribution is 2.25. The summed E-state index contributed by atoms with van der Waals surface area (Å²) in [4.78, 5) is 26.5. The Labute approximate surface area is 150 Å². The van der Waals surface area contributed by atoms with Crippen LogP contribution in [0.1, 0.15) is 41.6 Å². The monoisotopic (exact) mass is 356 g/mol. The Bertz CT molecular complexity index is 783. The number of carbonyl (C=O) groups is 1. The van der Waals surface area contributed by atoms with E-state index in [9.17, 15) is 10.1 Å². The molecule has 1 unspecified atom stereocenters. The van der Waals surface area contributed by atoms with Crippen LogP contribution in [0.4, 0.5) is 5.95 Å². The van der Waals surface area contributed by atoms with Crippen LogP contribution in [0.5, 0.6) is 0 Å². The Morgan fingerprint density at radius 2 is 2.36 bits per heavy atom. The zero-order valence-corrected chi connectivity index (χ0v) is 14.9. The summed E-state index contributed by atoms with van der Waals surface area (Å²) in [6, 6.07) is 4.02. The molecule has 8 heteroatoms. The number of likely N-dealkylation sites (tertiary alicyclic amines) is 1. The van der Waals surface area contributed by atoms with E-state index in [2.05, 4.69) is 26.3 Å². The Morgan fingerprint density at radius 3 is 3.04 bits per heavy atom. The second-order valence-corrected chi connectivity index (χ2v) is 6.85. The number of nitriles is 1. The highest BCUT2D eigenvalue weighted by Gasteiger charge is 2.20. The van der Waals surface area contributed by atoms with Gasteiger partial charge in [-0.05, 0) is 25.8 Å². The maximum Gasteiger partial charge on any atom is 0.222 e. The number of hydrogen-bond acceptors (Lipinski definition) is 7. The van der Waals surface area contributed by atoms with Gasteiger partial charge in [0.05, 0.1) is 11.8 Å². The molecule has 130 valence electrons. The zero-order valence-electron chi connectivity index (χ0n) is 14.1. The first kappa shape index (κ1) is 17.3. The molecule has 1 atom stereocenters. The number of nitrogens with one attached hydrogen (secondary N) is 1. The van der Waals surface area contributed by atoms with Gasteiger partial charge in [0.2, 0.25) is 11.9 Å². The molecule has 0 aromatic carbocycles. The third-order valence-corrected chi connectivity index (χ3v) is 5.07. The van der Waals surface area contributed by atoms with Crippen LogP contribution in [0.25, 0.3) is 0 Å². The van der Waals surface area contributed by atoms with Crippen LogP contribution in [0.15, 0.2) is 17.6 Å². The fourth-order valence-corrected chi connectivity index (χ4v) is 3.63. The number of aromatic nitrogens is 3. The molecule has 3 rings (SSSR count). The predicted molar refractivity (Wildman–Crippen MR) is 95.3 cm³/mol. The molecule has 0 bridgehead atoms. The predicted octanol–water partition coefficient (Wildman–Crippen LogP) is 2.32. The van der Waals surface area contributed by atoms with E-state index in [1.54, 1.807) is 12.3 Å². The first-order valence-corrected chi connectivity index (χ1v) is 9.21. The van der Waals surface area contributed by atoms with Crippen LogP contribution in [0.2, 0.25) is 0 Å². The Morgan fingerprint density at radius 1 is 1.48 bits per heavy atom. The van der Waals surface area contributed by atoms with E-state index in [1.807, 2.05) is 17.2 Å². The number of rotatable bonds is 7. The Balaban J connectivity index is 1.57. The van der Waals surface area contributed by atoms with E-state index in [4.69, 9.17) is 0 Å². The Kier molecular flexibility index (Phi) is 5.56. The van der Waals surface area contributed by atoms with Gasteiger partial charge in [0.15, 0.2) is 0 Å². The maximum absolute atomic E-state index is 11.6. The standard InChI is InChI=1S/C17H20N6OS/c1-12-11-25-16(21-12)13(10-18)14-5-7-20-17(22-14)19-6-3-9-23-8-2-4-15(23)24/h5,7,11,13H,2-4,6,8-9H2,1H3,(H,19,20,22). The smallest absolute Gasteiger partial charge is 0.222 e. The van der Waals surface area contributed by atoms with Gasteiger partial charge in [-0.2, -0.15) is 5.26 Å². The molecule has 25 heavy (non-hydrogen) atoms. The van der Waals surface area contributed by atoms with Crippen molar-refractivity contribution >= 4 is 23.2 Å². The fraction of sp³-hybridized carbons (Fsp3) is 0.471. The summed E-state index contributed by atoms with van der Waals surface area (Å²) in [5, 5.41) is 15.3. The molecule has 1 fully saturated rings. The summed E-state index contributed by atoms with van der Waals surface area (Å²) >= 11 is 1.47. The zero-order chi connectivity index (χ0) is 17.6. The summed E-state index contributed by atoms with van der Waals surface area (Å²) in [6.45, 7) is 4.21. The molecule has 3 heterocycles. The van der Waals surface area contributed by atoms with Crippen LogP contribution in [0, 0.1) is 18.3 Å². The number of nitrogens with zero attached hydrogens (tertiary/aromatic N) is 5. The van der Waals surface area contributed by atoms with Crippen molar-refractivity contribution in [2.45, 2.75) is 32.1 Å². The number of anilines is 1. The molecule has 1 amide bonds. The molecule has 7 nitrogen and oxygen atoms in total. The first-order chi connectivity index (χ1) is 12.2. The lowest BCUT2D eigenvalue weighted by Gasteiger charge is -2.15. The molecule has 0 aliphatic carbocycles. The minimum Gasteiger partial charge on any atom is -0.354 e. The highest BCUT2D eigenvalue weighted by atomic mass is 32.1. The second kappa shape index (κ2) is 8.03. The fourth-order valence-electron chi connectivity index (χ4n) is 2.78. The van der Waals surface area contributed by atoms with Crippen molar-refractivity contribution in [1.29, 1.82) is 5.26 Å². The Hall–Kier alpha value is -2.53. The van der Waals surface area contributed by atoms with Crippen LogP contribution in [0.3, 0.4) is 0 Å². The molecule has 2 aromatic heterocycles. The molecule has 1 aliphatic rings. The van der Waals surface area contributed by atoms with Gasteiger partial charge in [-0.3, -0.25) is 4.79 Å². The van der Waals surface area contributed by atoms with Crippen LogP contribution in [-0.2, 0) is 4.79 Å². The van der Waals surface area contributed by atoms with Crippen molar-refractivity contribution in [1.82, 2.24) is 19.9 Å². The minimum absolute atomic E-state index is 0.244. The van der Waals surface area contributed by atoms with E-state index in [0.29, 0.717) is 24.6 Å². The summed E-state index contributed by atoms with van der Waals surface area (Å²) in [6.07, 6.45) is 4.12. The third kappa shape index (κ3) is 4.31. The number of amides is 1. The molecule has 2 aromatic rings. The van der Waals surface area contributed by atoms with E-state index < -0.39 is 5.92 Å². The van der Waals surface area contributed by atoms with E-state index in [1.165, 1.54) is 11.3 Å². The van der Waals surface area contributed by atoms with Crippen LogP contribution < -0.4 is 5.32 Å².